The van der Waals surface area contributed by atoms with Crippen molar-refractivity contribution in [2.75, 3.05) is 7.11 Å². The van der Waals surface area contributed by atoms with E-state index in [1.54, 1.807) is 4.57 Å². The summed E-state index contributed by atoms with van der Waals surface area (Å²) in [6.07, 6.45) is 1.89. The summed E-state index contributed by atoms with van der Waals surface area (Å²) in [4.78, 5) is 15.5. The summed E-state index contributed by atoms with van der Waals surface area (Å²) in [7, 11) is 1.52. The molecule has 0 saturated heterocycles. The number of methoxy groups -OCH3 is 1. The van der Waals surface area contributed by atoms with Crippen LogP contribution in [-0.2, 0) is 13.0 Å². The molecule has 0 bridgehead atoms. The molecular weight excluding hydrogens is 156 g/mol. The van der Waals surface area contributed by atoms with Gasteiger partial charge in [0.25, 0.3) is 5.56 Å². The minimum atomic E-state index is -0.00523. The molecule has 1 aromatic heterocycles. The Bertz CT molecular complexity index is 357. The molecule has 0 unspecified atom stereocenters. The first-order valence-electron chi connectivity index (χ1n) is 3.96. The maximum absolute atomic E-state index is 11.3. The van der Waals surface area contributed by atoms with Crippen LogP contribution in [0.25, 0.3) is 0 Å². The van der Waals surface area contributed by atoms with E-state index in [-0.39, 0.29) is 5.56 Å². The van der Waals surface area contributed by atoms with Crippen molar-refractivity contribution in [2.24, 2.45) is 0 Å². The standard InChI is InChI=1S/C8H10N2O2/c1-12-7-5-8(11)10-4-2-3-6(10)9-7/h5H,2-4H2,1H3. The molecule has 0 atom stereocenters. The molecule has 4 nitrogen and oxygen atoms in total. The van der Waals surface area contributed by atoms with Gasteiger partial charge in [-0.15, -0.1) is 0 Å². The number of aromatic nitrogens is 2. The van der Waals surface area contributed by atoms with E-state index < -0.39 is 0 Å². The van der Waals surface area contributed by atoms with Crippen LogP contribution in [0.4, 0.5) is 0 Å². The Morgan fingerprint density at radius 1 is 1.67 bits per heavy atom. The molecule has 0 N–H and O–H groups in total. The van der Waals surface area contributed by atoms with Crippen LogP contribution in [0.1, 0.15) is 12.2 Å². The molecule has 1 aliphatic rings. The molecule has 2 rings (SSSR count). The van der Waals surface area contributed by atoms with E-state index in [9.17, 15) is 4.79 Å². The number of ether oxygens (including phenoxy) is 1. The minimum Gasteiger partial charge on any atom is -0.481 e. The fourth-order valence-electron chi connectivity index (χ4n) is 1.46. The Hall–Kier alpha value is -1.32. The summed E-state index contributed by atoms with van der Waals surface area (Å²) in [5, 5.41) is 0. The average molecular weight is 166 g/mol. The van der Waals surface area contributed by atoms with Gasteiger partial charge in [-0.1, -0.05) is 0 Å². The Morgan fingerprint density at radius 3 is 3.25 bits per heavy atom. The molecule has 0 aliphatic carbocycles. The van der Waals surface area contributed by atoms with E-state index in [2.05, 4.69) is 4.98 Å². The van der Waals surface area contributed by atoms with E-state index in [0.29, 0.717) is 5.88 Å². The van der Waals surface area contributed by atoms with Gasteiger partial charge in [0, 0.05) is 13.0 Å². The fraction of sp³-hybridized carbons (Fsp3) is 0.500. The van der Waals surface area contributed by atoms with Crippen molar-refractivity contribution in [2.45, 2.75) is 19.4 Å². The lowest BCUT2D eigenvalue weighted by atomic mass is 10.4. The molecule has 0 saturated carbocycles. The summed E-state index contributed by atoms with van der Waals surface area (Å²) in [5.41, 5.74) is -0.00523. The quantitative estimate of drug-likeness (QED) is 0.598. The van der Waals surface area contributed by atoms with Crippen LogP contribution in [0.2, 0.25) is 0 Å². The van der Waals surface area contributed by atoms with Crippen LogP contribution in [-0.4, -0.2) is 16.7 Å². The first-order chi connectivity index (χ1) is 5.81. The fourth-order valence-corrected chi connectivity index (χ4v) is 1.46. The molecule has 0 spiro atoms. The Balaban J connectivity index is 2.59. The van der Waals surface area contributed by atoms with E-state index in [0.717, 1.165) is 25.2 Å². The highest BCUT2D eigenvalue weighted by Crippen LogP contribution is 2.11. The van der Waals surface area contributed by atoms with Crippen molar-refractivity contribution in [3.05, 3.63) is 22.2 Å². The third-order valence-electron chi connectivity index (χ3n) is 2.06. The zero-order valence-corrected chi connectivity index (χ0v) is 6.91. The van der Waals surface area contributed by atoms with Gasteiger partial charge in [-0.3, -0.25) is 9.36 Å². The van der Waals surface area contributed by atoms with Gasteiger partial charge in [-0.05, 0) is 6.42 Å². The lowest BCUT2D eigenvalue weighted by Crippen LogP contribution is -2.19. The van der Waals surface area contributed by atoms with Crippen LogP contribution >= 0.6 is 0 Å². The van der Waals surface area contributed by atoms with Crippen molar-refractivity contribution in [1.29, 1.82) is 0 Å². The maximum Gasteiger partial charge on any atom is 0.257 e. The highest BCUT2D eigenvalue weighted by Gasteiger charge is 2.13. The van der Waals surface area contributed by atoms with Gasteiger partial charge in [0.1, 0.15) is 5.82 Å². The molecule has 1 aliphatic heterocycles. The first-order valence-corrected chi connectivity index (χ1v) is 3.96. The topological polar surface area (TPSA) is 44.1 Å². The summed E-state index contributed by atoms with van der Waals surface area (Å²) in [5.74, 6) is 1.27. The third kappa shape index (κ3) is 0.995. The predicted octanol–water partition coefficient (Wildman–Crippen LogP) is 0.198. The Morgan fingerprint density at radius 2 is 2.50 bits per heavy atom. The molecule has 0 amide bonds. The zero-order chi connectivity index (χ0) is 8.55. The first kappa shape index (κ1) is 7.34. The minimum absolute atomic E-state index is 0.00523. The van der Waals surface area contributed by atoms with E-state index in [1.165, 1.54) is 13.2 Å². The van der Waals surface area contributed by atoms with E-state index in [1.807, 2.05) is 0 Å². The number of rotatable bonds is 1. The van der Waals surface area contributed by atoms with Crippen LogP contribution in [0.5, 0.6) is 5.88 Å². The molecule has 12 heavy (non-hydrogen) atoms. The maximum atomic E-state index is 11.3. The molecule has 1 aromatic rings. The molecule has 64 valence electrons. The molecule has 4 heteroatoms. The molecule has 0 aromatic carbocycles. The van der Waals surface area contributed by atoms with Gasteiger partial charge in [-0.2, -0.15) is 4.98 Å². The molecular formula is C8H10N2O2. The summed E-state index contributed by atoms with van der Waals surface area (Å²) in [6, 6.07) is 1.43. The highest BCUT2D eigenvalue weighted by atomic mass is 16.5. The number of hydrogen-bond acceptors (Lipinski definition) is 3. The second kappa shape index (κ2) is 2.62. The van der Waals surface area contributed by atoms with E-state index >= 15 is 0 Å². The second-order valence-corrected chi connectivity index (χ2v) is 2.81. The van der Waals surface area contributed by atoms with Crippen molar-refractivity contribution in [3.63, 3.8) is 0 Å². The Kier molecular flexibility index (Phi) is 1.60. The largest absolute Gasteiger partial charge is 0.481 e. The molecule has 2 heterocycles. The van der Waals surface area contributed by atoms with Crippen LogP contribution in [0.15, 0.2) is 10.9 Å². The highest BCUT2D eigenvalue weighted by molar-refractivity contribution is 5.11. The van der Waals surface area contributed by atoms with Gasteiger partial charge in [0.05, 0.1) is 13.2 Å². The summed E-state index contributed by atoms with van der Waals surface area (Å²) < 4.78 is 6.59. The van der Waals surface area contributed by atoms with E-state index in [4.69, 9.17) is 4.74 Å². The van der Waals surface area contributed by atoms with Gasteiger partial charge in [0.15, 0.2) is 0 Å². The normalized spacial score (nSPS) is 14.4. The number of fused-ring (bicyclic) bond motifs is 1. The van der Waals surface area contributed by atoms with Crippen molar-refractivity contribution in [1.82, 2.24) is 9.55 Å². The lowest BCUT2D eigenvalue weighted by Gasteiger charge is -2.02. The summed E-state index contributed by atoms with van der Waals surface area (Å²) >= 11 is 0. The molecule has 0 radical (unpaired) electrons. The molecule has 0 fully saturated rings. The summed E-state index contributed by atoms with van der Waals surface area (Å²) in [6.45, 7) is 0.797. The van der Waals surface area contributed by atoms with Gasteiger partial charge in [0.2, 0.25) is 5.88 Å². The second-order valence-electron chi connectivity index (χ2n) is 2.81. The number of nitrogens with zero attached hydrogens (tertiary/aromatic N) is 2. The Labute approximate surface area is 69.8 Å². The van der Waals surface area contributed by atoms with Crippen LogP contribution < -0.4 is 10.3 Å². The van der Waals surface area contributed by atoms with Gasteiger partial charge in [-0.25, -0.2) is 0 Å². The van der Waals surface area contributed by atoms with Crippen LogP contribution in [0, 0.1) is 0 Å². The predicted molar refractivity (Wildman–Crippen MR) is 43.4 cm³/mol. The third-order valence-corrected chi connectivity index (χ3v) is 2.06. The van der Waals surface area contributed by atoms with Crippen molar-refractivity contribution < 1.29 is 4.74 Å². The van der Waals surface area contributed by atoms with Crippen molar-refractivity contribution in [3.8, 4) is 5.88 Å². The average Bonchev–Trinajstić information content (AvgIpc) is 2.52. The number of hydrogen-bond donors (Lipinski definition) is 0. The lowest BCUT2D eigenvalue weighted by molar-refractivity contribution is 0.392. The monoisotopic (exact) mass is 166 g/mol. The van der Waals surface area contributed by atoms with Gasteiger partial charge >= 0.3 is 0 Å². The number of aryl methyl sites for hydroxylation is 1. The van der Waals surface area contributed by atoms with Crippen molar-refractivity contribution >= 4 is 0 Å². The van der Waals surface area contributed by atoms with Crippen LogP contribution in [0.3, 0.4) is 0 Å². The zero-order valence-electron chi connectivity index (χ0n) is 6.91. The van der Waals surface area contributed by atoms with Gasteiger partial charge < -0.3 is 4.74 Å². The SMILES string of the molecule is COc1cc(=O)n2c(n1)CCC2. The smallest absolute Gasteiger partial charge is 0.257 e.